The molecule has 0 spiro atoms. The summed E-state index contributed by atoms with van der Waals surface area (Å²) in [5.41, 5.74) is 3.58. The number of hydrogen-bond donors (Lipinski definition) is 2. The largest absolute Gasteiger partial charge is 0.462 e. The number of esters is 1. The lowest BCUT2D eigenvalue weighted by Crippen LogP contribution is -2.20. The molecule has 0 bridgehead atoms. The second kappa shape index (κ2) is 14.8. The molecule has 1 aliphatic carbocycles. The Labute approximate surface area is 277 Å². The van der Waals surface area contributed by atoms with E-state index in [2.05, 4.69) is 10.6 Å². The molecule has 2 amide bonds. The molecule has 8 heteroatoms. The maximum Gasteiger partial charge on any atom is 0.341 e. The molecule has 0 saturated carbocycles. The van der Waals surface area contributed by atoms with Crippen LogP contribution in [-0.2, 0) is 22.4 Å². The molecule has 0 fully saturated rings. The van der Waals surface area contributed by atoms with Gasteiger partial charge in [0, 0.05) is 21.0 Å². The second-order valence-electron chi connectivity index (χ2n) is 11.3. The van der Waals surface area contributed by atoms with Crippen molar-refractivity contribution >= 4 is 62.3 Å². The van der Waals surface area contributed by atoms with Gasteiger partial charge in [-0.05, 0) is 84.8 Å². The summed E-state index contributed by atoms with van der Waals surface area (Å²) in [4.78, 5) is 42.5. The molecule has 1 atom stereocenters. The summed E-state index contributed by atoms with van der Waals surface area (Å²) in [6.45, 7) is 2.07. The maximum atomic E-state index is 14.1. The van der Waals surface area contributed by atoms with Gasteiger partial charge in [0.2, 0.25) is 5.91 Å². The lowest BCUT2D eigenvalue weighted by Gasteiger charge is -2.18. The van der Waals surface area contributed by atoms with Crippen molar-refractivity contribution in [3.8, 4) is 0 Å². The lowest BCUT2D eigenvalue weighted by atomic mass is 9.96. The third-order valence-corrected chi connectivity index (χ3v) is 10.5. The molecule has 1 aromatic heterocycles. The number of thiophene rings is 1. The molecule has 0 radical (unpaired) electrons. The van der Waals surface area contributed by atoms with Gasteiger partial charge in [-0.1, -0.05) is 79.6 Å². The van der Waals surface area contributed by atoms with E-state index in [4.69, 9.17) is 4.74 Å². The Balaban J connectivity index is 1.25. The average Bonchev–Trinajstić information content (AvgIpc) is 3.39. The van der Waals surface area contributed by atoms with E-state index in [9.17, 15) is 14.4 Å². The Hall–Kier alpha value is -4.40. The van der Waals surface area contributed by atoms with Gasteiger partial charge in [0.25, 0.3) is 5.91 Å². The monoisotopic (exact) mass is 648 g/mol. The first-order valence-electron chi connectivity index (χ1n) is 15.7. The zero-order valence-electron chi connectivity index (χ0n) is 25.7. The molecule has 5 aromatic rings. The van der Waals surface area contributed by atoms with Crippen molar-refractivity contribution in [3.05, 3.63) is 124 Å². The first kappa shape index (κ1) is 31.6. The standard InChI is InChI=1S/C38H36N2O4S2/c1-2-44-38(43)33-31-19-8-3-4-9-20-32(31)46-37(33)40-36(42)34(26-14-6-5-7-15-26)45-30-18-12-17-29(24-30)39-35(41)28-22-21-25-13-10-11-16-27(25)23-28/h5-7,10-18,21-24,34H,2-4,8-9,19-20H2,1H3,(H,39,41)(H,40,42). The number of amides is 2. The highest BCUT2D eigenvalue weighted by Crippen LogP contribution is 2.41. The number of carbonyl (C=O) groups is 3. The minimum atomic E-state index is -0.604. The van der Waals surface area contributed by atoms with E-state index >= 15 is 0 Å². The van der Waals surface area contributed by atoms with E-state index in [1.54, 1.807) is 6.92 Å². The van der Waals surface area contributed by atoms with Gasteiger partial charge in [0.15, 0.2) is 0 Å². The molecular formula is C38H36N2O4S2. The van der Waals surface area contributed by atoms with Gasteiger partial charge in [-0.2, -0.15) is 0 Å². The number of carbonyl (C=O) groups excluding carboxylic acids is 3. The highest BCUT2D eigenvalue weighted by Gasteiger charge is 2.29. The van der Waals surface area contributed by atoms with Crippen molar-refractivity contribution in [2.75, 3.05) is 17.2 Å². The number of rotatable bonds is 9. The first-order valence-corrected chi connectivity index (χ1v) is 17.4. The van der Waals surface area contributed by atoms with Crippen LogP contribution in [0.15, 0.2) is 102 Å². The number of anilines is 2. The van der Waals surface area contributed by atoms with Crippen LogP contribution < -0.4 is 10.6 Å². The summed E-state index contributed by atoms with van der Waals surface area (Å²) in [6.07, 6.45) is 6.09. The minimum Gasteiger partial charge on any atom is -0.462 e. The number of ether oxygens (including phenoxy) is 1. The van der Waals surface area contributed by atoms with Crippen molar-refractivity contribution < 1.29 is 19.1 Å². The second-order valence-corrected chi connectivity index (χ2v) is 13.6. The molecular weight excluding hydrogens is 613 g/mol. The molecule has 0 aliphatic heterocycles. The van der Waals surface area contributed by atoms with Gasteiger partial charge in [-0.15, -0.1) is 23.1 Å². The van der Waals surface area contributed by atoms with Gasteiger partial charge in [-0.25, -0.2) is 4.79 Å². The highest BCUT2D eigenvalue weighted by molar-refractivity contribution is 8.00. The van der Waals surface area contributed by atoms with E-state index in [0.29, 0.717) is 21.8 Å². The zero-order valence-corrected chi connectivity index (χ0v) is 27.3. The number of aryl methyl sites for hydroxylation is 1. The van der Waals surface area contributed by atoms with E-state index < -0.39 is 5.25 Å². The van der Waals surface area contributed by atoms with Gasteiger partial charge in [-0.3, -0.25) is 9.59 Å². The zero-order chi connectivity index (χ0) is 31.9. The molecule has 1 heterocycles. The van der Waals surface area contributed by atoms with Crippen LogP contribution in [0.5, 0.6) is 0 Å². The van der Waals surface area contributed by atoms with Gasteiger partial charge in [0.1, 0.15) is 10.3 Å². The topological polar surface area (TPSA) is 84.5 Å². The van der Waals surface area contributed by atoms with Crippen LogP contribution in [0.1, 0.15) is 74.6 Å². The predicted molar refractivity (Wildman–Crippen MR) is 188 cm³/mol. The fourth-order valence-corrected chi connectivity index (χ4v) is 8.19. The Morgan fingerprint density at radius 1 is 0.804 bits per heavy atom. The van der Waals surface area contributed by atoms with E-state index in [-0.39, 0.29) is 24.4 Å². The number of thioether (sulfide) groups is 1. The quantitative estimate of drug-likeness (QED) is 0.123. The van der Waals surface area contributed by atoms with Gasteiger partial charge < -0.3 is 15.4 Å². The van der Waals surface area contributed by atoms with Gasteiger partial charge >= 0.3 is 5.97 Å². The van der Waals surface area contributed by atoms with Crippen LogP contribution in [0.25, 0.3) is 10.8 Å². The van der Waals surface area contributed by atoms with E-state index in [0.717, 1.165) is 63.8 Å². The van der Waals surface area contributed by atoms with Crippen LogP contribution in [0, 0.1) is 0 Å². The summed E-state index contributed by atoms with van der Waals surface area (Å²) in [7, 11) is 0. The average molecular weight is 649 g/mol. The molecule has 6 nitrogen and oxygen atoms in total. The Kier molecular flexibility index (Phi) is 10.2. The lowest BCUT2D eigenvalue weighted by molar-refractivity contribution is -0.115. The molecule has 0 saturated heterocycles. The minimum absolute atomic E-state index is 0.204. The smallest absolute Gasteiger partial charge is 0.341 e. The van der Waals surface area contributed by atoms with E-state index in [1.807, 2.05) is 97.1 Å². The van der Waals surface area contributed by atoms with Crippen molar-refractivity contribution in [1.82, 2.24) is 0 Å². The molecule has 1 unspecified atom stereocenters. The Morgan fingerprint density at radius 3 is 2.37 bits per heavy atom. The predicted octanol–water partition coefficient (Wildman–Crippen LogP) is 9.46. The van der Waals surface area contributed by atoms with Crippen molar-refractivity contribution in [2.45, 2.75) is 55.6 Å². The van der Waals surface area contributed by atoms with Crippen molar-refractivity contribution in [3.63, 3.8) is 0 Å². The molecule has 4 aromatic carbocycles. The summed E-state index contributed by atoms with van der Waals surface area (Å²) in [5.74, 6) is -0.804. The van der Waals surface area contributed by atoms with Crippen molar-refractivity contribution in [1.29, 1.82) is 0 Å². The first-order chi connectivity index (χ1) is 22.5. The third-order valence-electron chi connectivity index (χ3n) is 8.09. The summed E-state index contributed by atoms with van der Waals surface area (Å²) < 4.78 is 5.46. The maximum absolute atomic E-state index is 14.1. The van der Waals surface area contributed by atoms with E-state index in [1.165, 1.54) is 29.5 Å². The van der Waals surface area contributed by atoms with Crippen LogP contribution in [-0.4, -0.2) is 24.4 Å². The molecule has 1 aliphatic rings. The summed E-state index contributed by atoms with van der Waals surface area (Å²) in [5, 5.41) is 8.18. The van der Waals surface area contributed by atoms with Crippen molar-refractivity contribution in [2.24, 2.45) is 0 Å². The van der Waals surface area contributed by atoms with Crippen LogP contribution in [0.3, 0.4) is 0 Å². The number of fused-ring (bicyclic) bond motifs is 2. The number of hydrogen-bond acceptors (Lipinski definition) is 6. The molecule has 234 valence electrons. The third kappa shape index (κ3) is 7.35. The summed E-state index contributed by atoms with van der Waals surface area (Å²) in [6, 6.07) is 30.7. The fraction of sp³-hybridized carbons (Fsp3) is 0.237. The number of benzene rings is 4. The SMILES string of the molecule is CCOC(=O)c1c(NC(=O)C(Sc2cccc(NC(=O)c3ccc4ccccc4c3)c2)c2ccccc2)sc2c1CCCCCC2. The normalized spacial score (nSPS) is 13.6. The molecule has 2 N–H and O–H groups in total. The number of nitrogens with one attached hydrogen (secondary N) is 2. The Bertz CT molecular complexity index is 1870. The Morgan fingerprint density at radius 2 is 1.57 bits per heavy atom. The molecule has 6 rings (SSSR count). The summed E-state index contributed by atoms with van der Waals surface area (Å²) >= 11 is 2.90. The fourth-order valence-electron chi connectivity index (χ4n) is 5.82. The van der Waals surface area contributed by atoms with Crippen LogP contribution >= 0.6 is 23.1 Å². The van der Waals surface area contributed by atoms with Gasteiger partial charge in [0.05, 0.1) is 12.2 Å². The van der Waals surface area contributed by atoms with Crippen LogP contribution in [0.4, 0.5) is 10.7 Å². The van der Waals surface area contributed by atoms with Crippen LogP contribution in [0.2, 0.25) is 0 Å². The highest BCUT2D eigenvalue weighted by atomic mass is 32.2. The molecule has 46 heavy (non-hydrogen) atoms.